The fraction of sp³-hybridized carbons (Fsp3) is 0.545. The molecule has 1 aromatic carbocycles. The molecule has 3 aromatic rings. The number of fused-ring (bicyclic) bond motifs is 5. The number of halogens is 6. The molecule has 0 radical (unpaired) electrons. The molecule has 4 rings (SSSR count). The highest BCUT2D eigenvalue weighted by atomic mass is 19.4. The molecule has 1 amide bonds. The Morgan fingerprint density at radius 2 is 1.80 bits per heavy atom. The molecule has 0 spiro atoms. The smallest absolute Gasteiger partial charge is 0.474 e. The summed E-state index contributed by atoms with van der Waals surface area (Å²) in [5.41, 5.74) is -5.20. The van der Waals surface area contributed by atoms with Gasteiger partial charge in [0.2, 0.25) is 11.5 Å². The zero-order valence-electron chi connectivity index (χ0n) is 27.8. The van der Waals surface area contributed by atoms with Gasteiger partial charge in [-0.3, -0.25) is 5.32 Å². The van der Waals surface area contributed by atoms with Gasteiger partial charge in [0.1, 0.15) is 11.7 Å². The van der Waals surface area contributed by atoms with E-state index in [9.17, 15) is 41.0 Å². The number of pyridine rings is 1. The van der Waals surface area contributed by atoms with Crippen LogP contribution in [0.4, 0.5) is 41.6 Å². The van der Waals surface area contributed by atoms with Gasteiger partial charge < -0.3 is 23.7 Å². The first-order chi connectivity index (χ1) is 23.3. The molecule has 0 saturated heterocycles. The average Bonchev–Trinajstić information content (AvgIpc) is 3.50. The number of benzene rings is 1. The van der Waals surface area contributed by atoms with E-state index in [0.717, 1.165) is 11.1 Å². The topological polar surface area (TPSA) is 146 Å². The molecule has 274 valence electrons. The molecule has 11 nitrogen and oxygen atoms in total. The van der Waals surface area contributed by atoms with Crippen LogP contribution in [0.15, 0.2) is 34.7 Å². The lowest BCUT2D eigenvalue weighted by molar-refractivity contribution is -0.277. The van der Waals surface area contributed by atoms with Gasteiger partial charge in [-0.2, -0.15) is 26.3 Å². The third-order valence-corrected chi connectivity index (χ3v) is 7.97. The van der Waals surface area contributed by atoms with E-state index in [-0.39, 0.29) is 44.1 Å². The summed E-state index contributed by atoms with van der Waals surface area (Å²) >= 11 is 0. The van der Waals surface area contributed by atoms with Gasteiger partial charge in [-0.05, 0) is 54.7 Å². The minimum absolute atomic E-state index is 0.103. The van der Waals surface area contributed by atoms with Gasteiger partial charge in [0.25, 0.3) is 11.8 Å². The molecule has 2 aromatic heterocycles. The Balaban J connectivity index is 1.83. The number of ether oxygens (including phenoxy) is 3. The van der Waals surface area contributed by atoms with E-state index in [1.165, 1.54) is 0 Å². The maximum absolute atomic E-state index is 14.5. The summed E-state index contributed by atoms with van der Waals surface area (Å²) in [6, 6.07) is 7.79. The van der Waals surface area contributed by atoms with E-state index in [4.69, 9.17) is 13.9 Å². The molecule has 3 heterocycles. The Hall–Kier alpha value is -4.41. The van der Waals surface area contributed by atoms with Gasteiger partial charge in [0.05, 0.1) is 12.3 Å². The highest BCUT2D eigenvalue weighted by Gasteiger charge is 2.58. The van der Waals surface area contributed by atoms with Crippen LogP contribution in [0, 0.1) is 0 Å². The number of rotatable bonds is 6. The quantitative estimate of drug-likeness (QED) is 0.110. The van der Waals surface area contributed by atoms with Gasteiger partial charge in [-0.1, -0.05) is 64.8 Å². The van der Waals surface area contributed by atoms with Crippen molar-refractivity contribution >= 4 is 17.9 Å². The van der Waals surface area contributed by atoms with E-state index in [1.807, 2.05) is 38.2 Å². The molecular weight excluding hydrogens is 678 g/mol. The second-order valence-electron chi connectivity index (χ2n) is 13.0. The molecule has 0 aliphatic carbocycles. The van der Waals surface area contributed by atoms with Crippen molar-refractivity contribution in [3.05, 3.63) is 52.9 Å². The van der Waals surface area contributed by atoms with E-state index >= 15 is 0 Å². The minimum Gasteiger partial charge on any atom is -0.474 e. The zero-order chi connectivity index (χ0) is 36.9. The minimum atomic E-state index is -5.28. The number of amides is 1. The lowest BCUT2D eigenvalue weighted by Gasteiger charge is -2.27. The summed E-state index contributed by atoms with van der Waals surface area (Å²) in [5, 5.41) is 19.6. The molecule has 0 fully saturated rings. The average molecular weight is 717 g/mol. The zero-order valence-corrected chi connectivity index (χ0v) is 27.8. The van der Waals surface area contributed by atoms with Crippen LogP contribution in [0.25, 0.3) is 11.6 Å². The van der Waals surface area contributed by atoms with Crippen molar-refractivity contribution < 1.29 is 59.7 Å². The number of alkyl halides is 6. The van der Waals surface area contributed by atoms with Gasteiger partial charge in [0.15, 0.2) is 5.69 Å². The Kier molecular flexibility index (Phi) is 11.7. The summed E-state index contributed by atoms with van der Waals surface area (Å²) < 4.78 is 107. The molecule has 1 unspecified atom stereocenters. The number of anilines is 1. The third-order valence-electron chi connectivity index (χ3n) is 7.97. The number of nitrogens with one attached hydrogen (secondary N) is 1. The first-order valence-electron chi connectivity index (χ1n) is 16.0. The van der Waals surface area contributed by atoms with Crippen LogP contribution >= 0.6 is 0 Å². The Labute approximate surface area is 283 Å². The molecule has 1 aliphatic heterocycles. The van der Waals surface area contributed by atoms with E-state index in [2.05, 4.69) is 19.9 Å². The number of aromatic nitrogens is 3. The van der Waals surface area contributed by atoms with Crippen molar-refractivity contribution in [1.29, 1.82) is 0 Å². The van der Waals surface area contributed by atoms with E-state index in [0.29, 0.717) is 18.9 Å². The molecule has 1 aliphatic rings. The van der Waals surface area contributed by atoms with Crippen LogP contribution in [0.1, 0.15) is 95.2 Å². The number of aliphatic hydroxyl groups is 1. The van der Waals surface area contributed by atoms with Crippen LogP contribution < -0.4 is 10.1 Å². The SMILES string of the molecule is CCCCOC(=O)OC(=O)Nc1cc(C(F)(F)F)c2nc1-c1nnc(o1)[C@@](O)(C(F)(F)F)CCCCCC(Cc1cccc(C(C)(C)C)c1)O2. The molecule has 0 saturated carbocycles. The lowest BCUT2D eigenvalue weighted by Crippen LogP contribution is -2.42. The number of hydrogen-bond donors (Lipinski definition) is 2. The summed E-state index contributed by atoms with van der Waals surface area (Å²) in [6.07, 6.45) is -13.8. The molecule has 2 atom stereocenters. The highest BCUT2D eigenvalue weighted by Crippen LogP contribution is 2.45. The van der Waals surface area contributed by atoms with Crippen LogP contribution in [-0.4, -0.2) is 51.4 Å². The van der Waals surface area contributed by atoms with Crippen LogP contribution in [-0.2, 0) is 33.1 Å². The van der Waals surface area contributed by atoms with Crippen molar-refractivity contribution in [3.8, 4) is 17.5 Å². The maximum atomic E-state index is 14.5. The summed E-state index contributed by atoms with van der Waals surface area (Å²) in [5.74, 6) is -3.16. The summed E-state index contributed by atoms with van der Waals surface area (Å²) in [4.78, 5) is 28.4. The van der Waals surface area contributed by atoms with Crippen LogP contribution in [0.2, 0.25) is 0 Å². The third kappa shape index (κ3) is 9.43. The first-order valence-corrected chi connectivity index (χ1v) is 16.0. The van der Waals surface area contributed by atoms with Crippen molar-refractivity contribution in [2.75, 3.05) is 11.9 Å². The largest absolute Gasteiger partial charge is 0.517 e. The predicted octanol–water partition coefficient (Wildman–Crippen LogP) is 8.64. The fourth-order valence-corrected chi connectivity index (χ4v) is 5.16. The fourth-order valence-electron chi connectivity index (χ4n) is 5.16. The molecule has 50 heavy (non-hydrogen) atoms. The number of nitrogens with zero attached hydrogens (tertiary/aromatic N) is 3. The second-order valence-corrected chi connectivity index (χ2v) is 13.0. The Morgan fingerprint density at radius 3 is 2.46 bits per heavy atom. The normalized spacial score (nSPS) is 18.8. The van der Waals surface area contributed by atoms with Crippen molar-refractivity contribution in [1.82, 2.24) is 15.2 Å². The number of carbonyl (C=O) groups is 2. The van der Waals surface area contributed by atoms with E-state index < -0.39 is 77.3 Å². The predicted molar refractivity (Wildman–Crippen MR) is 165 cm³/mol. The van der Waals surface area contributed by atoms with Crippen LogP contribution in [0.3, 0.4) is 0 Å². The molecule has 4 bridgehead atoms. The second kappa shape index (κ2) is 15.2. The summed E-state index contributed by atoms with van der Waals surface area (Å²) in [6.45, 7) is 7.69. The molecule has 2 N–H and O–H groups in total. The standard InChI is InChI=1S/C33H38F6N4O7/c1-5-6-15-47-29(45)50-28(44)40-23-18-22(32(34,35)36)25-41-24(23)26-42-43-27(49-26)31(46,33(37,38)39)14-9-7-8-13-21(48-25)17-19-11-10-12-20(16-19)30(2,3)4/h10-12,16,18,21,46H,5-9,13-15,17H2,1-4H3,(H,40,44)/t21?,31-/m1/s1. The monoisotopic (exact) mass is 716 g/mol. The van der Waals surface area contributed by atoms with Crippen LogP contribution in [0.5, 0.6) is 5.88 Å². The van der Waals surface area contributed by atoms with Crippen molar-refractivity contribution in [3.63, 3.8) is 0 Å². The molecule has 17 heteroatoms. The Morgan fingerprint density at radius 1 is 1.06 bits per heavy atom. The highest BCUT2D eigenvalue weighted by molar-refractivity contribution is 5.94. The van der Waals surface area contributed by atoms with Gasteiger partial charge in [-0.15, -0.1) is 10.2 Å². The van der Waals surface area contributed by atoms with Crippen molar-refractivity contribution in [2.45, 2.75) is 109 Å². The Bertz CT molecular complexity index is 1650. The number of carbonyl (C=O) groups excluding carboxylic acids is 2. The maximum Gasteiger partial charge on any atom is 0.517 e. The van der Waals surface area contributed by atoms with Gasteiger partial charge in [0, 0.05) is 6.42 Å². The van der Waals surface area contributed by atoms with Crippen molar-refractivity contribution in [2.24, 2.45) is 0 Å². The van der Waals surface area contributed by atoms with Gasteiger partial charge >= 0.3 is 24.6 Å². The van der Waals surface area contributed by atoms with E-state index in [1.54, 1.807) is 19.1 Å². The van der Waals surface area contributed by atoms with Gasteiger partial charge in [-0.25, -0.2) is 14.6 Å². The first kappa shape index (κ1) is 38.4. The lowest BCUT2D eigenvalue weighted by atomic mass is 9.85. The summed E-state index contributed by atoms with van der Waals surface area (Å²) in [7, 11) is 0. The number of hydrogen-bond acceptors (Lipinski definition) is 10. The number of unbranched alkanes of at least 4 members (excludes halogenated alkanes) is 1. The molecular formula is C33H38F6N4O7.